The molecule has 33 heavy (non-hydrogen) atoms. The Labute approximate surface area is 201 Å². The molecule has 0 radical (unpaired) electrons. The summed E-state index contributed by atoms with van der Waals surface area (Å²) in [6.07, 6.45) is 0. The maximum atomic E-state index is 13.6. The van der Waals surface area contributed by atoms with Gasteiger partial charge in [0.1, 0.15) is 4.91 Å². The number of fused-ring (bicyclic) bond motifs is 1. The van der Waals surface area contributed by atoms with Crippen molar-refractivity contribution in [3.05, 3.63) is 99.9 Å². The minimum absolute atomic E-state index is 0.0122. The molecule has 0 saturated carbocycles. The first-order chi connectivity index (χ1) is 16.0. The molecule has 1 amide bonds. The second-order valence-corrected chi connectivity index (χ2v) is 9.75. The number of amidine groups is 1. The molecular formula is C26H21N3O2S2. The Morgan fingerprint density at radius 2 is 1.61 bits per heavy atom. The number of benzene rings is 3. The van der Waals surface area contributed by atoms with E-state index in [4.69, 9.17) is 4.99 Å². The first-order valence-corrected chi connectivity index (χ1v) is 12.1. The average molecular weight is 472 g/mol. The predicted molar refractivity (Wildman–Crippen MR) is 136 cm³/mol. The van der Waals surface area contributed by atoms with Gasteiger partial charge in [-0.25, -0.2) is 4.99 Å². The number of hydrogen-bond donors (Lipinski definition) is 0. The number of para-hydroxylation sites is 1. The van der Waals surface area contributed by atoms with E-state index in [0.717, 1.165) is 21.2 Å². The van der Waals surface area contributed by atoms with E-state index in [1.807, 2.05) is 61.6 Å². The van der Waals surface area contributed by atoms with Gasteiger partial charge < -0.3 is 4.90 Å². The third-order valence-corrected chi connectivity index (χ3v) is 7.91. The Morgan fingerprint density at radius 1 is 0.909 bits per heavy atom. The van der Waals surface area contributed by atoms with E-state index in [0.29, 0.717) is 27.9 Å². The molecular weight excluding hydrogens is 450 g/mol. The lowest BCUT2D eigenvalue weighted by molar-refractivity contribution is -0.122. The lowest BCUT2D eigenvalue weighted by Crippen LogP contribution is -2.29. The smallest absolute Gasteiger partial charge is 0.269 e. The molecule has 0 bridgehead atoms. The number of carbonyl (C=O) groups is 2. The summed E-state index contributed by atoms with van der Waals surface area (Å²) >= 11 is 3.01. The summed E-state index contributed by atoms with van der Waals surface area (Å²) < 4.78 is 0. The summed E-state index contributed by atoms with van der Waals surface area (Å²) in [7, 11) is 1.99. The minimum atomic E-state index is -0.0508. The van der Waals surface area contributed by atoms with Crippen molar-refractivity contribution in [2.75, 3.05) is 11.9 Å². The first kappa shape index (κ1) is 21.6. The van der Waals surface area contributed by atoms with Crippen LogP contribution >= 0.6 is 23.5 Å². The van der Waals surface area contributed by atoms with Crippen molar-refractivity contribution in [2.24, 2.45) is 4.99 Å². The van der Waals surface area contributed by atoms with E-state index in [-0.39, 0.29) is 11.7 Å². The number of hydrogen-bond acceptors (Lipinski definition) is 6. The normalized spacial score (nSPS) is 18.8. The number of aliphatic imine (C=N–C) groups is 1. The van der Waals surface area contributed by atoms with Gasteiger partial charge in [-0.3, -0.25) is 14.5 Å². The van der Waals surface area contributed by atoms with Crippen LogP contribution in [0.2, 0.25) is 0 Å². The van der Waals surface area contributed by atoms with E-state index >= 15 is 0 Å². The van der Waals surface area contributed by atoms with Crippen LogP contribution in [0, 0.1) is 0 Å². The number of rotatable bonds is 4. The van der Waals surface area contributed by atoms with Crippen molar-refractivity contribution >= 4 is 51.8 Å². The third-order valence-electron chi connectivity index (χ3n) is 5.48. The summed E-state index contributed by atoms with van der Waals surface area (Å²) in [6, 6.07) is 25.2. The van der Waals surface area contributed by atoms with Gasteiger partial charge in [-0.05, 0) is 60.6 Å². The van der Waals surface area contributed by atoms with Crippen LogP contribution in [0.15, 0.2) is 98.7 Å². The standard InChI is InChI=1S/C26H21N3O2S2/c1-17(30)19-12-14-20(15-13-19)27-26-29(16-18-8-4-3-5-9-18)24(31)23(33-26)25-28(2)21-10-6-7-11-22(21)32-25/h3-15H,16H2,1-2H3/b25-23-,27-26?. The highest BCUT2D eigenvalue weighted by Gasteiger charge is 2.39. The van der Waals surface area contributed by atoms with Gasteiger partial charge in [0.05, 0.1) is 22.9 Å². The fourth-order valence-corrected chi connectivity index (χ4v) is 6.05. The Morgan fingerprint density at radius 3 is 2.30 bits per heavy atom. The predicted octanol–water partition coefficient (Wildman–Crippen LogP) is 6.06. The molecule has 164 valence electrons. The van der Waals surface area contributed by atoms with E-state index in [2.05, 4.69) is 17.0 Å². The summed E-state index contributed by atoms with van der Waals surface area (Å²) in [4.78, 5) is 35.6. The fraction of sp³-hybridized carbons (Fsp3) is 0.115. The molecule has 5 rings (SSSR count). The van der Waals surface area contributed by atoms with E-state index in [1.165, 1.54) is 11.8 Å². The van der Waals surface area contributed by atoms with E-state index in [1.54, 1.807) is 35.7 Å². The zero-order valence-electron chi connectivity index (χ0n) is 18.2. The van der Waals surface area contributed by atoms with Crippen LogP contribution in [0.3, 0.4) is 0 Å². The molecule has 5 nitrogen and oxygen atoms in total. The molecule has 3 aromatic rings. The van der Waals surface area contributed by atoms with Gasteiger partial charge in [0, 0.05) is 17.5 Å². The SMILES string of the molecule is CC(=O)c1ccc(N=C2S/C(=C3\Sc4ccccc4N3C)C(=O)N2Cc2ccccc2)cc1. The molecule has 0 spiro atoms. The molecule has 3 aromatic carbocycles. The second kappa shape index (κ2) is 8.92. The van der Waals surface area contributed by atoms with Gasteiger partial charge in [-0.15, -0.1) is 0 Å². The van der Waals surface area contributed by atoms with Crippen molar-refractivity contribution < 1.29 is 9.59 Å². The van der Waals surface area contributed by atoms with Crippen LogP contribution in [0.1, 0.15) is 22.8 Å². The highest BCUT2D eigenvalue weighted by molar-refractivity contribution is 8.19. The molecule has 2 heterocycles. The van der Waals surface area contributed by atoms with Crippen LogP contribution in [0.4, 0.5) is 11.4 Å². The molecule has 0 aliphatic carbocycles. The number of ketones is 1. The Bertz CT molecular complexity index is 1300. The number of Topliss-reactive ketones (excluding diaryl/α,β-unsaturated/α-hetero) is 1. The quantitative estimate of drug-likeness (QED) is 0.342. The largest absolute Gasteiger partial charge is 0.337 e. The molecule has 0 atom stereocenters. The molecule has 1 saturated heterocycles. The van der Waals surface area contributed by atoms with E-state index < -0.39 is 0 Å². The summed E-state index contributed by atoms with van der Waals surface area (Å²) in [6.45, 7) is 1.98. The molecule has 1 fully saturated rings. The molecule has 2 aliphatic heterocycles. The van der Waals surface area contributed by atoms with Crippen LogP contribution in [0.5, 0.6) is 0 Å². The highest BCUT2D eigenvalue weighted by Crippen LogP contribution is 2.50. The van der Waals surface area contributed by atoms with Gasteiger partial charge in [0.15, 0.2) is 11.0 Å². The summed E-state index contributed by atoms with van der Waals surface area (Å²) in [5.41, 5.74) is 3.47. The van der Waals surface area contributed by atoms with Gasteiger partial charge in [0.2, 0.25) is 0 Å². The van der Waals surface area contributed by atoms with Gasteiger partial charge in [-0.1, -0.05) is 54.2 Å². The maximum Gasteiger partial charge on any atom is 0.269 e. The van der Waals surface area contributed by atoms with Crippen molar-refractivity contribution in [3.8, 4) is 0 Å². The van der Waals surface area contributed by atoms with Crippen LogP contribution in [0.25, 0.3) is 0 Å². The molecule has 2 aliphatic rings. The third kappa shape index (κ3) is 4.21. The number of amides is 1. The average Bonchev–Trinajstić information content (AvgIpc) is 3.32. The van der Waals surface area contributed by atoms with Gasteiger partial charge in [0.25, 0.3) is 5.91 Å². The zero-order valence-corrected chi connectivity index (χ0v) is 19.8. The van der Waals surface area contributed by atoms with Crippen LogP contribution in [-0.4, -0.2) is 28.8 Å². The fourth-order valence-electron chi connectivity index (χ4n) is 3.71. The summed E-state index contributed by atoms with van der Waals surface area (Å²) in [5.74, 6) is -0.0386. The maximum absolute atomic E-state index is 13.6. The minimum Gasteiger partial charge on any atom is -0.337 e. The van der Waals surface area contributed by atoms with Crippen molar-refractivity contribution in [3.63, 3.8) is 0 Å². The number of carbonyl (C=O) groups excluding carboxylic acids is 2. The Balaban J connectivity index is 1.53. The zero-order chi connectivity index (χ0) is 22.9. The first-order valence-electron chi connectivity index (χ1n) is 10.5. The Kier molecular flexibility index (Phi) is 5.83. The van der Waals surface area contributed by atoms with Crippen molar-refractivity contribution in [1.29, 1.82) is 0 Å². The van der Waals surface area contributed by atoms with Crippen LogP contribution in [-0.2, 0) is 11.3 Å². The number of thioether (sulfide) groups is 2. The number of anilines is 1. The Hall–Kier alpha value is -3.29. The van der Waals surface area contributed by atoms with Crippen molar-refractivity contribution in [1.82, 2.24) is 4.90 Å². The molecule has 7 heteroatoms. The van der Waals surface area contributed by atoms with Crippen LogP contribution < -0.4 is 4.90 Å². The van der Waals surface area contributed by atoms with Gasteiger partial charge in [-0.2, -0.15) is 0 Å². The van der Waals surface area contributed by atoms with E-state index in [9.17, 15) is 9.59 Å². The molecule has 0 aromatic heterocycles. The highest BCUT2D eigenvalue weighted by atomic mass is 32.2. The van der Waals surface area contributed by atoms with Crippen molar-refractivity contribution in [2.45, 2.75) is 18.4 Å². The second-order valence-electron chi connectivity index (χ2n) is 7.74. The lowest BCUT2D eigenvalue weighted by Gasteiger charge is -2.17. The topological polar surface area (TPSA) is 53.0 Å². The van der Waals surface area contributed by atoms with Gasteiger partial charge >= 0.3 is 0 Å². The molecule has 0 N–H and O–H groups in total. The summed E-state index contributed by atoms with van der Waals surface area (Å²) in [5, 5.41) is 1.55. The molecule has 0 unspecified atom stereocenters. The lowest BCUT2D eigenvalue weighted by atomic mass is 10.1. The monoisotopic (exact) mass is 471 g/mol. The number of nitrogens with zero attached hydrogens (tertiary/aromatic N) is 3.